The molecule has 1 saturated heterocycles. The fourth-order valence-electron chi connectivity index (χ4n) is 3.11. The number of nitrogens with zero attached hydrogens (tertiary/aromatic N) is 3. The number of rotatable bonds is 2. The van der Waals surface area contributed by atoms with Gasteiger partial charge in [0, 0.05) is 25.1 Å². The Morgan fingerprint density at radius 1 is 1.36 bits per heavy atom. The van der Waals surface area contributed by atoms with Crippen molar-refractivity contribution in [2.24, 2.45) is 0 Å². The van der Waals surface area contributed by atoms with Crippen LogP contribution < -0.4 is 10.5 Å². The van der Waals surface area contributed by atoms with Crippen LogP contribution in [0.2, 0.25) is 0 Å². The fraction of sp³-hybridized carbons (Fsp3) is 0.400. The van der Waals surface area contributed by atoms with Crippen molar-refractivity contribution in [3.05, 3.63) is 39.5 Å². The van der Waals surface area contributed by atoms with Gasteiger partial charge in [-0.1, -0.05) is 0 Å². The van der Waals surface area contributed by atoms with E-state index in [9.17, 15) is 4.79 Å². The molecule has 6 nitrogen and oxygen atoms in total. The van der Waals surface area contributed by atoms with E-state index in [1.807, 2.05) is 0 Å². The fourth-order valence-corrected chi connectivity index (χ4v) is 4.00. The molecule has 0 spiro atoms. The molecule has 0 atom stereocenters. The minimum Gasteiger partial charge on any atom is -0.383 e. The molecule has 3 aromatic rings. The third kappa shape index (κ3) is 2.21. The van der Waals surface area contributed by atoms with Gasteiger partial charge < -0.3 is 9.42 Å². The lowest BCUT2D eigenvalue weighted by Crippen LogP contribution is -2.33. The van der Waals surface area contributed by atoms with E-state index in [2.05, 4.69) is 32.3 Å². The number of piperidine rings is 1. The zero-order valence-corrected chi connectivity index (χ0v) is 13.0. The van der Waals surface area contributed by atoms with E-state index < -0.39 is 0 Å². The number of H-pyrrole nitrogens is 1. The van der Waals surface area contributed by atoms with E-state index in [-0.39, 0.29) is 5.56 Å². The van der Waals surface area contributed by atoms with Gasteiger partial charge in [-0.2, -0.15) is 5.16 Å². The molecule has 1 aliphatic rings. The number of aromatic nitrogens is 3. The first-order valence-electron chi connectivity index (χ1n) is 7.34. The highest BCUT2D eigenvalue weighted by atomic mass is 32.1. The summed E-state index contributed by atoms with van der Waals surface area (Å²) in [6.07, 6.45) is 3.55. The zero-order chi connectivity index (χ0) is 15.1. The molecule has 0 aliphatic carbocycles. The molecule has 0 unspecified atom stereocenters. The third-order valence-electron chi connectivity index (χ3n) is 4.27. The van der Waals surface area contributed by atoms with Gasteiger partial charge in [-0.15, -0.1) is 11.3 Å². The molecule has 0 saturated carbocycles. The van der Waals surface area contributed by atoms with Crippen LogP contribution in [0.5, 0.6) is 0 Å². The molecule has 1 aliphatic heterocycles. The largest absolute Gasteiger partial charge is 0.383 e. The van der Waals surface area contributed by atoms with Gasteiger partial charge in [-0.05, 0) is 30.7 Å². The van der Waals surface area contributed by atoms with Crippen LogP contribution in [-0.4, -0.2) is 28.2 Å². The Balaban J connectivity index is 1.58. The van der Waals surface area contributed by atoms with Crippen LogP contribution in [0, 0.1) is 6.92 Å². The summed E-state index contributed by atoms with van der Waals surface area (Å²) < 4.78 is 5.24. The second-order valence-electron chi connectivity index (χ2n) is 5.67. The Hall–Kier alpha value is -2.15. The van der Waals surface area contributed by atoms with Gasteiger partial charge in [0.25, 0.3) is 5.56 Å². The second kappa shape index (κ2) is 5.24. The quantitative estimate of drug-likeness (QED) is 0.786. The maximum absolute atomic E-state index is 11.2. The highest BCUT2D eigenvalue weighted by Crippen LogP contribution is 2.34. The molecule has 7 heteroatoms. The lowest BCUT2D eigenvalue weighted by Gasteiger charge is -2.32. The summed E-state index contributed by atoms with van der Waals surface area (Å²) in [7, 11) is 0. The van der Waals surface area contributed by atoms with Gasteiger partial charge in [0.2, 0.25) is 0 Å². The number of anilines is 1. The highest BCUT2D eigenvalue weighted by Gasteiger charge is 2.25. The number of aromatic amines is 1. The van der Waals surface area contributed by atoms with Crippen molar-refractivity contribution in [2.75, 3.05) is 18.0 Å². The Labute approximate surface area is 130 Å². The molecule has 3 aromatic heterocycles. The summed E-state index contributed by atoms with van der Waals surface area (Å²) in [6.45, 7) is 3.91. The standard InChI is InChI=1S/C15H16N4O2S/c1-9-7-22-15-13(9)14(16-8-17-15)19-4-2-10(3-5-19)11-6-12(20)18-21-11/h6-8,10H,2-5H2,1H3,(H,18,20). The average molecular weight is 316 g/mol. The Morgan fingerprint density at radius 3 is 2.91 bits per heavy atom. The van der Waals surface area contributed by atoms with Crippen molar-refractivity contribution < 1.29 is 4.52 Å². The number of hydrogen-bond acceptors (Lipinski definition) is 6. The van der Waals surface area contributed by atoms with Crippen molar-refractivity contribution in [1.82, 2.24) is 15.1 Å². The summed E-state index contributed by atoms with van der Waals surface area (Å²) in [5.74, 6) is 2.10. The monoisotopic (exact) mass is 316 g/mol. The topological polar surface area (TPSA) is 75.0 Å². The number of hydrogen-bond donors (Lipinski definition) is 1. The predicted octanol–water partition coefficient (Wildman–Crippen LogP) is 2.67. The van der Waals surface area contributed by atoms with Crippen LogP contribution in [0.15, 0.2) is 27.1 Å². The first kappa shape index (κ1) is 13.5. The molecule has 1 N–H and O–H groups in total. The number of thiophene rings is 1. The van der Waals surface area contributed by atoms with Crippen LogP contribution >= 0.6 is 11.3 Å². The first-order valence-corrected chi connectivity index (χ1v) is 8.22. The third-order valence-corrected chi connectivity index (χ3v) is 5.28. The van der Waals surface area contributed by atoms with Crippen molar-refractivity contribution in [2.45, 2.75) is 25.7 Å². The smallest absolute Gasteiger partial charge is 0.280 e. The molecule has 1 fully saturated rings. The van der Waals surface area contributed by atoms with Crippen LogP contribution in [-0.2, 0) is 0 Å². The van der Waals surface area contributed by atoms with Gasteiger partial charge in [0.05, 0.1) is 5.39 Å². The zero-order valence-electron chi connectivity index (χ0n) is 12.2. The number of aryl methyl sites for hydroxylation is 1. The maximum Gasteiger partial charge on any atom is 0.280 e. The van der Waals surface area contributed by atoms with E-state index in [1.165, 1.54) is 10.9 Å². The number of nitrogens with one attached hydrogen (secondary N) is 1. The van der Waals surface area contributed by atoms with Gasteiger partial charge in [-0.3, -0.25) is 4.79 Å². The minimum atomic E-state index is -0.163. The van der Waals surface area contributed by atoms with Gasteiger partial charge in [0.1, 0.15) is 22.7 Å². The first-order chi connectivity index (χ1) is 10.7. The molecule has 0 radical (unpaired) electrons. The van der Waals surface area contributed by atoms with Crippen LogP contribution in [0.4, 0.5) is 5.82 Å². The van der Waals surface area contributed by atoms with Crippen molar-refractivity contribution in [3.63, 3.8) is 0 Å². The van der Waals surface area contributed by atoms with Crippen LogP contribution in [0.25, 0.3) is 10.2 Å². The van der Waals surface area contributed by atoms with Crippen LogP contribution in [0.3, 0.4) is 0 Å². The lowest BCUT2D eigenvalue weighted by atomic mass is 9.94. The summed E-state index contributed by atoms with van der Waals surface area (Å²) in [6, 6.07) is 1.56. The van der Waals surface area contributed by atoms with Crippen LogP contribution in [0.1, 0.15) is 30.1 Å². The summed E-state index contributed by atoms with van der Waals surface area (Å²) in [5, 5.41) is 5.67. The minimum absolute atomic E-state index is 0.163. The molecular formula is C15H16N4O2S. The number of fused-ring (bicyclic) bond motifs is 1. The average Bonchev–Trinajstić information content (AvgIpc) is 3.14. The Kier molecular flexibility index (Phi) is 3.22. The normalized spacial score (nSPS) is 16.5. The van der Waals surface area contributed by atoms with Gasteiger partial charge in [-0.25, -0.2) is 9.97 Å². The van der Waals surface area contributed by atoms with E-state index in [0.29, 0.717) is 5.92 Å². The molecular weight excluding hydrogens is 300 g/mol. The van der Waals surface area contributed by atoms with Gasteiger partial charge in [0.15, 0.2) is 0 Å². The van der Waals surface area contributed by atoms with Gasteiger partial charge >= 0.3 is 0 Å². The molecule has 114 valence electrons. The second-order valence-corrected chi connectivity index (χ2v) is 6.53. The predicted molar refractivity (Wildman–Crippen MR) is 85.7 cm³/mol. The summed E-state index contributed by atoms with van der Waals surface area (Å²) in [5.41, 5.74) is 1.07. The van der Waals surface area contributed by atoms with E-state index >= 15 is 0 Å². The molecule has 4 heterocycles. The molecule has 22 heavy (non-hydrogen) atoms. The van der Waals surface area contributed by atoms with E-state index in [1.54, 1.807) is 23.7 Å². The molecule has 0 amide bonds. The van der Waals surface area contributed by atoms with Crippen molar-refractivity contribution >= 4 is 27.4 Å². The molecule has 0 aromatic carbocycles. The molecule has 0 bridgehead atoms. The maximum atomic E-state index is 11.2. The Bertz CT molecular complexity index is 858. The summed E-state index contributed by atoms with van der Waals surface area (Å²) >= 11 is 1.66. The molecule has 4 rings (SSSR count). The summed E-state index contributed by atoms with van der Waals surface area (Å²) in [4.78, 5) is 23.4. The van der Waals surface area contributed by atoms with Crippen molar-refractivity contribution in [1.29, 1.82) is 0 Å². The van der Waals surface area contributed by atoms with E-state index in [4.69, 9.17) is 4.52 Å². The Morgan fingerprint density at radius 2 is 2.18 bits per heavy atom. The highest BCUT2D eigenvalue weighted by molar-refractivity contribution is 7.17. The van der Waals surface area contributed by atoms with Crippen molar-refractivity contribution in [3.8, 4) is 0 Å². The lowest BCUT2D eigenvalue weighted by molar-refractivity contribution is 0.333. The van der Waals surface area contributed by atoms with E-state index in [0.717, 1.165) is 42.3 Å². The SMILES string of the molecule is Cc1csc2ncnc(N3CCC(c4cc(=O)[nH]o4)CC3)c12.